The van der Waals surface area contributed by atoms with E-state index < -0.39 is 17.7 Å². The van der Waals surface area contributed by atoms with Crippen molar-refractivity contribution in [1.29, 1.82) is 0 Å². The Morgan fingerprint density at radius 2 is 1.42 bits per heavy atom. The number of hydrogen-bond donors (Lipinski definition) is 3. The molecule has 0 aromatic heterocycles. The number of ether oxygens (including phenoxy) is 1. The molecule has 43 heavy (non-hydrogen) atoms. The van der Waals surface area contributed by atoms with Gasteiger partial charge in [0.2, 0.25) is 0 Å². The average Bonchev–Trinajstić information content (AvgIpc) is 2.99. The average molecular weight is 580 g/mol. The molecule has 4 rings (SSSR count). The highest BCUT2D eigenvalue weighted by Crippen LogP contribution is 2.31. The molecular weight excluding hydrogens is 542 g/mol. The van der Waals surface area contributed by atoms with Crippen molar-refractivity contribution in [2.45, 2.75) is 45.8 Å². The van der Waals surface area contributed by atoms with Crippen LogP contribution in [0.15, 0.2) is 103 Å². The second-order valence-electron chi connectivity index (χ2n) is 11.1. The number of alkyl carbamates (subject to hydrolysis) is 1. The van der Waals surface area contributed by atoms with Crippen molar-refractivity contribution in [3.63, 3.8) is 0 Å². The summed E-state index contributed by atoms with van der Waals surface area (Å²) in [7, 11) is 0. The van der Waals surface area contributed by atoms with Crippen LogP contribution in [0.1, 0.15) is 49.5 Å². The van der Waals surface area contributed by atoms with Gasteiger partial charge >= 0.3 is 12.1 Å². The van der Waals surface area contributed by atoms with E-state index in [2.05, 4.69) is 10.6 Å². The third-order valence-corrected chi connectivity index (χ3v) is 6.52. The Labute approximate surface area is 252 Å². The number of benzene rings is 4. The number of carbonyl (C=O) groups excluding carboxylic acids is 2. The molecule has 222 valence electrons. The number of nitrogens with zero attached hydrogens (tertiary/aromatic N) is 1. The van der Waals surface area contributed by atoms with E-state index in [-0.39, 0.29) is 18.9 Å². The maximum atomic E-state index is 13.8. The molecule has 4 aromatic carbocycles. The van der Waals surface area contributed by atoms with Crippen molar-refractivity contribution in [2.24, 2.45) is 0 Å². The number of carboxylic acid groups (broad SMARTS) is 1. The van der Waals surface area contributed by atoms with Crippen LogP contribution in [0, 0.1) is 0 Å². The summed E-state index contributed by atoms with van der Waals surface area (Å²) >= 11 is 0. The largest absolute Gasteiger partial charge is 0.481 e. The molecule has 8 heteroatoms. The van der Waals surface area contributed by atoms with Crippen molar-refractivity contribution in [3.8, 4) is 11.1 Å². The minimum Gasteiger partial charge on any atom is -0.481 e. The van der Waals surface area contributed by atoms with Gasteiger partial charge in [0.15, 0.2) is 0 Å². The Morgan fingerprint density at radius 3 is 2.07 bits per heavy atom. The molecular formula is C35H37N3O5. The summed E-state index contributed by atoms with van der Waals surface area (Å²) in [5, 5.41) is 15.4. The highest BCUT2D eigenvalue weighted by atomic mass is 16.6. The highest BCUT2D eigenvalue weighted by Gasteiger charge is 2.21. The number of amides is 2. The number of nitrogens with one attached hydrogen (secondary N) is 2. The smallest absolute Gasteiger partial charge is 0.407 e. The number of para-hydroxylation sites is 2. The molecule has 0 saturated heterocycles. The predicted octanol–water partition coefficient (Wildman–Crippen LogP) is 7.63. The van der Waals surface area contributed by atoms with Crippen LogP contribution < -0.4 is 15.5 Å². The summed E-state index contributed by atoms with van der Waals surface area (Å²) in [6.45, 7) is 5.99. The topological polar surface area (TPSA) is 108 Å². The second-order valence-corrected chi connectivity index (χ2v) is 11.1. The van der Waals surface area contributed by atoms with Gasteiger partial charge in [0.25, 0.3) is 5.91 Å². The minimum atomic E-state index is -0.910. The van der Waals surface area contributed by atoms with Crippen molar-refractivity contribution < 1.29 is 24.2 Å². The van der Waals surface area contributed by atoms with Gasteiger partial charge in [-0.2, -0.15) is 0 Å². The SMILES string of the molecule is CC(C)(C)OC(=O)NCc1ccc(Nc2ccccc2N(CCCC(=O)O)C(=O)c2ccc(-c3ccccc3)cc2)cc1. The fraction of sp³-hybridized carbons (Fsp3) is 0.229. The van der Waals surface area contributed by atoms with Crippen LogP contribution in [-0.4, -0.2) is 35.2 Å². The van der Waals surface area contributed by atoms with E-state index in [4.69, 9.17) is 4.74 Å². The van der Waals surface area contributed by atoms with E-state index in [0.717, 1.165) is 22.4 Å². The lowest BCUT2D eigenvalue weighted by molar-refractivity contribution is -0.137. The van der Waals surface area contributed by atoms with Gasteiger partial charge in [0.1, 0.15) is 5.60 Å². The Bertz CT molecular complexity index is 1530. The van der Waals surface area contributed by atoms with Crippen LogP contribution in [0.2, 0.25) is 0 Å². The molecule has 8 nitrogen and oxygen atoms in total. The summed E-state index contributed by atoms with van der Waals surface area (Å²) in [6, 6.07) is 32.4. The van der Waals surface area contributed by atoms with Gasteiger partial charge in [0, 0.05) is 30.8 Å². The first-order valence-electron chi connectivity index (χ1n) is 14.2. The van der Waals surface area contributed by atoms with Gasteiger partial charge in [-0.05, 0) is 80.3 Å². The monoisotopic (exact) mass is 579 g/mol. The van der Waals surface area contributed by atoms with Crippen LogP contribution in [-0.2, 0) is 16.1 Å². The molecule has 0 aliphatic rings. The van der Waals surface area contributed by atoms with E-state index in [1.165, 1.54) is 0 Å². The molecule has 0 saturated carbocycles. The molecule has 0 atom stereocenters. The summed E-state index contributed by atoms with van der Waals surface area (Å²) in [4.78, 5) is 38.7. The van der Waals surface area contributed by atoms with Crippen molar-refractivity contribution >= 4 is 35.0 Å². The van der Waals surface area contributed by atoms with Crippen molar-refractivity contribution in [2.75, 3.05) is 16.8 Å². The molecule has 0 bridgehead atoms. The number of rotatable bonds is 11. The number of anilines is 3. The fourth-order valence-electron chi connectivity index (χ4n) is 4.48. The Hall–Kier alpha value is -5.11. The third-order valence-electron chi connectivity index (χ3n) is 6.52. The molecule has 2 amide bonds. The number of hydrogen-bond acceptors (Lipinski definition) is 5. The van der Waals surface area contributed by atoms with Crippen LogP contribution in [0.4, 0.5) is 21.9 Å². The maximum absolute atomic E-state index is 13.8. The normalized spacial score (nSPS) is 11.0. The Kier molecular flexibility index (Phi) is 10.2. The first-order chi connectivity index (χ1) is 20.6. The van der Waals surface area contributed by atoms with E-state index in [0.29, 0.717) is 29.9 Å². The van der Waals surface area contributed by atoms with E-state index in [1.807, 2.05) is 112 Å². The zero-order chi connectivity index (χ0) is 30.8. The van der Waals surface area contributed by atoms with E-state index >= 15 is 0 Å². The van der Waals surface area contributed by atoms with Crippen LogP contribution in [0.25, 0.3) is 11.1 Å². The Balaban J connectivity index is 1.52. The van der Waals surface area contributed by atoms with Crippen molar-refractivity contribution in [3.05, 3.63) is 114 Å². The minimum absolute atomic E-state index is 0.0505. The number of carbonyl (C=O) groups is 3. The van der Waals surface area contributed by atoms with Gasteiger partial charge < -0.3 is 25.4 Å². The molecule has 0 unspecified atom stereocenters. The molecule has 0 radical (unpaired) electrons. The van der Waals surface area contributed by atoms with Gasteiger partial charge in [-0.15, -0.1) is 0 Å². The first kappa shape index (κ1) is 30.8. The number of carboxylic acids is 1. The first-order valence-corrected chi connectivity index (χ1v) is 14.2. The molecule has 0 fully saturated rings. The van der Waals surface area contributed by atoms with Gasteiger partial charge in [-0.3, -0.25) is 9.59 Å². The second kappa shape index (κ2) is 14.2. The van der Waals surface area contributed by atoms with Gasteiger partial charge in [-0.25, -0.2) is 4.79 Å². The summed E-state index contributed by atoms with van der Waals surface area (Å²) in [5.74, 6) is -1.13. The summed E-state index contributed by atoms with van der Waals surface area (Å²) in [5.41, 5.74) is 5.02. The highest BCUT2D eigenvalue weighted by molar-refractivity contribution is 6.08. The third kappa shape index (κ3) is 9.19. The molecule has 0 spiro atoms. The zero-order valence-corrected chi connectivity index (χ0v) is 24.7. The molecule has 0 heterocycles. The predicted molar refractivity (Wildman–Crippen MR) is 170 cm³/mol. The fourth-order valence-corrected chi connectivity index (χ4v) is 4.48. The van der Waals surface area contributed by atoms with Crippen LogP contribution in [0.5, 0.6) is 0 Å². The van der Waals surface area contributed by atoms with Crippen molar-refractivity contribution in [1.82, 2.24) is 5.32 Å². The molecule has 3 N–H and O–H groups in total. The molecule has 4 aromatic rings. The lowest BCUT2D eigenvalue weighted by Crippen LogP contribution is -2.32. The standard InChI is InChI=1S/C35H37N3O5/c1-35(2,3)43-34(42)36-24-25-15-21-29(22-16-25)37-30-12-7-8-13-31(30)38(23-9-14-32(39)40)33(41)28-19-17-27(18-20-28)26-10-5-4-6-11-26/h4-8,10-13,15-22,37H,9,14,23-24H2,1-3H3,(H,36,42)(H,39,40). The van der Waals surface area contributed by atoms with Gasteiger partial charge in [-0.1, -0.05) is 66.7 Å². The van der Waals surface area contributed by atoms with E-state index in [9.17, 15) is 19.5 Å². The lowest BCUT2D eigenvalue weighted by Gasteiger charge is -2.26. The zero-order valence-electron chi connectivity index (χ0n) is 24.7. The Morgan fingerprint density at radius 1 is 0.791 bits per heavy atom. The van der Waals surface area contributed by atoms with Crippen LogP contribution >= 0.6 is 0 Å². The molecule has 0 aliphatic heterocycles. The number of aliphatic carboxylic acids is 1. The summed E-state index contributed by atoms with van der Waals surface area (Å²) in [6.07, 6.45) is -0.229. The van der Waals surface area contributed by atoms with Crippen LogP contribution in [0.3, 0.4) is 0 Å². The maximum Gasteiger partial charge on any atom is 0.407 e. The van der Waals surface area contributed by atoms with Gasteiger partial charge in [0.05, 0.1) is 11.4 Å². The molecule has 0 aliphatic carbocycles. The quantitative estimate of drug-likeness (QED) is 0.169. The van der Waals surface area contributed by atoms with E-state index in [1.54, 1.807) is 17.0 Å². The lowest BCUT2D eigenvalue weighted by atomic mass is 10.0. The summed E-state index contributed by atoms with van der Waals surface area (Å²) < 4.78 is 5.29.